The summed E-state index contributed by atoms with van der Waals surface area (Å²) in [5.41, 5.74) is 1.04. The first kappa shape index (κ1) is 22.0. The van der Waals surface area contributed by atoms with E-state index < -0.39 is 12.4 Å². The number of benzene rings is 2. The topological polar surface area (TPSA) is 49.8 Å². The molecule has 31 heavy (non-hydrogen) atoms. The SMILES string of the molecule is C[C@H]1CC[C@@H](Oc2ccc3cc(CN4CCC(C(=O)O)CC4)ccc3c2C(F)F)CC1. The number of halogens is 2. The van der Waals surface area contributed by atoms with Gasteiger partial charge in [-0.2, -0.15) is 0 Å². The summed E-state index contributed by atoms with van der Waals surface area (Å²) in [6.45, 7) is 4.40. The van der Waals surface area contributed by atoms with E-state index in [9.17, 15) is 13.6 Å². The Morgan fingerprint density at radius 2 is 1.81 bits per heavy atom. The van der Waals surface area contributed by atoms with Gasteiger partial charge in [0.1, 0.15) is 5.75 Å². The number of rotatable bonds is 6. The Hall–Kier alpha value is -2.21. The van der Waals surface area contributed by atoms with Crippen LogP contribution in [0.3, 0.4) is 0 Å². The summed E-state index contributed by atoms with van der Waals surface area (Å²) < 4.78 is 34.1. The Labute approximate surface area is 182 Å². The van der Waals surface area contributed by atoms with Crippen LogP contribution in [0.2, 0.25) is 0 Å². The van der Waals surface area contributed by atoms with Crippen molar-refractivity contribution in [3.05, 3.63) is 41.5 Å². The average Bonchev–Trinajstić information content (AvgIpc) is 2.75. The smallest absolute Gasteiger partial charge is 0.306 e. The van der Waals surface area contributed by atoms with Crippen molar-refractivity contribution in [1.82, 2.24) is 4.90 Å². The number of fused-ring (bicyclic) bond motifs is 1. The monoisotopic (exact) mass is 431 g/mol. The van der Waals surface area contributed by atoms with Gasteiger partial charge in [-0.15, -0.1) is 0 Å². The zero-order chi connectivity index (χ0) is 22.0. The van der Waals surface area contributed by atoms with E-state index >= 15 is 0 Å². The number of hydrogen-bond acceptors (Lipinski definition) is 3. The predicted molar refractivity (Wildman–Crippen MR) is 117 cm³/mol. The standard InChI is InChI=1S/C25H31F2NO3/c1-16-2-6-20(7-3-16)31-22-9-5-19-14-17(4-8-21(19)23(22)24(26)27)15-28-12-10-18(11-13-28)25(29)30/h4-5,8-9,14,16,18,20,24H,2-3,6-7,10-13,15H2,1H3,(H,29,30)/t16-,20+. The molecule has 0 atom stereocenters. The van der Waals surface area contributed by atoms with E-state index in [0.717, 1.165) is 49.7 Å². The summed E-state index contributed by atoms with van der Waals surface area (Å²) in [4.78, 5) is 13.4. The summed E-state index contributed by atoms with van der Waals surface area (Å²) in [6.07, 6.45) is 2.71. The lowest BCUT2D eigenvalue weighted by atomic mass is 9.89. The highest BCUT2D eigenvalue weighted by molar-refractivity contribution is 5.88. The maximum absolute atomic E-state index is 14.0. The molecule has 0 spiro atoms. The number of alkyl halides is 2. The molecule has 1 N–H and O–H groups in total. The zero-order valence-corrected chi connectivity index (χ0v) is 18.0. The maximum atomic E-state index is 14.0. The van der Waals surface area contributed by atoms with Gasteiger partial charge in [0.15, 0.2) is 0 Å². The van der Waals surface area contributed by atoms with Crippen LogP contribution in [-0.4, -0.2) is 35.2 Å². The fourth-order valence-corrected chi connectivity index (χ4v) is 4.93. The van der Waals surface area contributed by atoms with Crippen molar-refractivity contribution in [2.75, 3.05) is 13.1 Å². The van der Waals surface area contributed by atoms with Crippen LogP contribution in [0.5, 0.6) is 5.75 Å². The van der Waals surface area contributed by atoms with Gasteiger partial charge in [-0.3, -0.25) is 9.69 Å². The Balaban J connectivity index is 1.50. The van der Waals surface area contributed by atoms with Crippen molar-refractivity contribution in [3.8, 4) is 5.75 Å². The summed E-state index contributed by atoms with van der Waals surface area (Å²) in [5.74, 6) is 0.0165. The molecule has 2 aromatic rings. The van der Waals surface area contributed by atoms with Crippen LogP contribution in [0.15, 0.2) is 30.3 Å². The molecule has 2 aromatic carbocycles. The van der Waals surface area contributed by atoms with Gasteiger partial charge in [-0.25, -0.2) is 8.78 Å². The molecule has 0 aromatic heterocycles. The molecular weight excluding hydrogens is 400 g/mol. The van der Waals surface area contributed by atoms with Gasteiger partial charge < -0.3 is 9.84 Å². The highest BCUT2D eigenvalue weighted by Gasteiger charge is 2.26. The lowest BCUT2D eigenvalue weighted by Gasteiger charge is -2.30. The minimum absolute atomic E-state index is 0.00931. The Morgan fingerprint density at radius 1 is 1.10 bits per heavy atom. The van der Waals surface area contributed by atoms with Gasteiger partial charge in [0.05, 0.1) is 17.6 Å². The molecule has 6 heteroatoms. The number of carboxylic acid groups (broad SMARTS) is 1. The number of ether oxygens (including phenoxy) is 1. The van der Waals surface area contributed by atoms with Crippen molar-refractivity contribution < 1.29 is 23.4 Å². The molecular formula is C25H31F2NO3. The molecule has 4 nitrogen and oxygen atoms in total. The van der Waals surface area contributed by atoms with E-state index in [2.05, 4.69) is 11.8 Å². The van der Waals surface area contributed by atoms with Gasteiger partial charge in [0.25, 0.3) is 6.43 Å². The minimum atomic E-state index is -2.60. The van der Waals surface area contributed by atoms with Crippen LogP contribution in [0.25, 0.3) is 10.8 Å². The summed E-state index contributed by atoms with van der Waals surface area (Å²) in [7, 11) is 0. The lowest BCUT2D eigenvalue weighted by Crippen LogP contribution is -2.35. The number of carboxylic acids is 1. The summed E-state index contributed by atoms with van der Waals surface area (Å²) in [5, 5.41) is 10.5. The van der Waals surface area contributed by atoms with Crippen LogP contribution in [0.1, 0.15) is 63.0 Å². The Kier molecular flexibility index (Phi) is 6.75. The number of hydrogen-bond donors (Lipinski definition) is 1. The number of aliphatic carboxylic acids is 1. The molecule has 0 amide bonds. The van der Waals surface area contributed by atoms with E-state index in [1.807, 2.05) is 18.2 Å². The quantitative estimate of drug-likeness (QED) is 0.607. The molecule has 1 saturated carbocycles. The van der Waals surface area contributed by atoms with Gasteiger partial charge in [-0.1, -0.05) is 25.1 Å². The molecule has 0 bridgehead atoms. The molecule has 0 radical (unpaired) electrons. The normalized spacial score (nSPS) is 23.4. The first-order valence-electron chi connectivity index (χ1n) is 11.4. The first-order chi connectivity index (χ1) is 14.9. The minimum Gasteiger partial charge on any atom is -0.490 e. The number of nitrogens with zero attached hydrogens (tertiary/aromatic N) is 1. The number of carbonyl (C=O) groups is 1. The summed E-state index contributed by atoms with van der Waals surface area (Å²) in [6, 6.07) is 9.23. The molecule has 2 fully saturated rings. The number of likely N-dealkylation sites (tertiary alicyclic amines) is 1. The van der Waals surface area contributed by atoms with E-state index in [1.165, 1.54) is 0 Å². The predicted octanol–water partition coefficient (Wildman–Crippen LogP) is 6.03. The zero-order valence-electron chi connectivity index (χ0n) is 18.0. The van der Waals surface area contributed by atoms with Crippen LogP contribution >= 0.6 is 0 Å². The maximum Gasteiger partial charge on any atom is 0.306 e. The fourth-order valence-electron chi connectivity index (χ4n) is 4.93. The van der Waals surface area contributed by atoms with Crippen molar-refractivity contribution >= 4 is 16.7 Å². The van der Waals surface area contributed by atoms with Gasteiger partial charge >= 0.3 is 5.97 Å². The van der Waals surface area contributed by atoms with E-state index in [4.69, 9.17) is 9.84 Å². The van der Waals surface area contributed by atoms with Gasteiger partial charge in [0, 0.05) is 6.54 Å². The van der Waals surface area contributed by atoms with Crippen molar-refractivity contribution in [2.45, 2.75) is 64.5 Å². The third-order valence-electron chi connectivity index (χ3n) is 6.90. The van der Waals surface area contributed by atoms with Crippen molar-refractivity contribution in [3.63, 3.8) is 0 Å². The highest BCUT2D eigenvalue weighted by Crippen LogP contribution is 2.38. The molecule has 2 aliphatic rings. The molecule has 1 saturated heterocycles. The molecule has 168 valence electrons. The third-order valence-corrected chi connectivity index (χ3v) is 6.90. The molecule has 0 unspecified atom stereocenters. The van der Waals surface area contributed by atoms with E-state index in [1.54, 1.807) is 12.1 Å². The highest BCUT2D eigenvalue weighted by atomic mass is 19.3. The largest absolute Gasteiger partial charge is 0.490 e. The number of piperidine rings is 1. The van der Waals surface area contributed by atoms with Gasteiger partial charge in [0.2, 0.25) is 0 Å². The van der Waals surface area contributed by atoms with Crippen molar-refractivity contribution in [1.29, 1.82) is 0 Å². The second kappa shape index (κ2) is 9.51. The van der Waals surface area contributed by atoms with Crippen molar-refractivity contribution in [2.24, 2.45) is 11.8 Å². The summed E-state index contributed by atoms with van der Waals surface area (Å²) >= 11 is 0. The molecule has 1 aliphatic heterocycles. The van der Waals surface area contributed by atoms with Crippen LogP contribution in [-0.2, 0) is 11.3 Å². The fraction of sp³-hybridized carbons (Fsp3) is 0.560. The molecule has 1 aliphatic carbocycles. The molecule has 1 heterocycles. The van der Waals surface area contributed by atoms with Crippen LogP contribution in [0.4, 0.5) is 8.78 Å². The average molecular weight is 432 g/mol. The van der Waals surface area contributed by atoms with E-state index in [0.29, 0.717) is 36.4 Å². The van der Waals surface area contributed by atoms with E-state index in [-0.39, 0.29) is 17.6 Å². The Morgan fingerprint density at radius 3 is 2.45 bits per heavy atom. The third kappa shape index (κ3) is 5.17. The second-order valence-corrected chi connectivity index (χ2v) is 9.22. The van der Waals surface area contributed by atoms with Crippen LogP contribution < -0.4 is 4.74 Å². The first-order valence-corrected chi connectivity index (χ1v) is 11.4. The van der Waals surface area contributed by atoms with Gasteiger partial charge in [-0.05, 0) is 86.0 Å². The lowest BCUT2D eigenvalue weighted by molar-refractivity contribution is -0.143. The van der Waals surface area contributed by atoms with Crippen LogP contribution in [0, 0.1) is 11.8 Å². The molecule has 4 rings (SSSR count). The Bertz CT molecular complexity index is 916. The second-order valence-electron chi connectivity index (χ2n) is 9.22.